The number of likely N-dealkylation sites (tertiary alicyclic amines) is 2. The fourth-order valence-electron chi connectivity index (χ4n) is 5.09. The second-order valence-corrected chi connectivity index (χ2v) is 10.4. The molecule has 35 heavy (non-hydrogen) atoms. The Hall–Kier alpha value is -3.35. The normalized spacial score (nSPS) is 18.4. The fourth-order valence-corrected chi connectivity index (χ4v) is 5.09. The largest absolute Gasteiger partial charge is 0.444 e. The predicted octanol–water partition coefficient (Wildman–Crippen LogP) is 3.72. The number of ether oxygens (including phenoxy) is 1. The van der Waals surface area contributed by atoms with Crippen LogP contribution in [0.15, 0.2) is 60.7 Å². The lowest BCUT2D eigenvalue weighted by Crippen LogP contribution is -2.50. The van der Waals surface area contributed by atoms with Crippen molar-refractivity contribution in [3.8, 4) is 0 Å². The molecule has 7 heteroatoms. The number of hydrogen-bond donors (Lipinski definition) is 1. The highest BCUT2D eigenvalue weighted by atomic mass is 16.6. The van der Waals surface area contributed by atoms with Crippen molar-refractivity contribution in [3.63, 3.8) is 0 Å². The highest BCUT2D eigenvalue weighted by Crippen LogP contribution is 2.41. The van der Waals surface area contributed by atoms with Crippen LogP contribution < -0.4 is 5.32 Å². The van der Waals surface area contributed by atoms with Gasteiger partial charge in [-0.15, -0.1) is 0 Å². The molecule has 0 saturated carbocycles. The Morgan fingerprint density at radius 2 is 1.49 bits per heavy atom. The SMILES string of the molecule is CC(C)(C)OC(=O)NC1CCN(C(=O)CN2CCC(c3ccccc3)(c3ccccc3)C2=O)CC1. The van der Waals surface area contributed by atoms with Gasteiger partial charge in [-0.25, -0.2) is 4.79 Å². The molecule has 2 aliphatic rings. The second kappa shape index (κ2) is 10.1. The summed E-state index contributed by atoms with van der Waals surface area (Å²) in [5, 5.41) is 2.90. The van der Waals surface area contributed by atoms with Crippen LogP contribution in [-0.4, -0.2) is 65.5 Å². The first-order valence-corrected chi connectivity index (χ1v) is 12.4. The molecular weight excluding hydrogens is 442 g/mol. The Bertz CT molecular complexity index is 1000. The van der Waals surface area contributed by atoms with Crippen LogP contribution in [0.4, 0.5) is 4.79 Å². The molecule has 0 aromatic heterocycles. The molecule has 0 spiro atoms. The monoisotopic (exact) mass is 477 g/mol. The van der Waals surface area contributed by atoms with Crippen LogP contribution in [0.3, 0.4) is 0 Å². The molecule has 4 rings (SSSR count). The minimum atomic E-state index is -0.771. The van der Waals surface area contributed by atoms with Crippen molar-refractivity contribution in [1.29, 1.82) is 0 Å². The van der Waals surface area contributed by atoms with Crippen LogP contribution in [0.1, 0.15) is 51.2 Å². The van der Waals surface area contributed by atoms with E-state index in [-0.39, 0.29) is 24.4 Å². The maximum atomic E-state index is 13.8. The van der Waals surface area contributed by atoms with Crippen molar-refractivity contribution in [2.24, 2.45) is 0 Å². The van der Waals surface area contributed by atoms with Gasteiger partial charge in [-0.05, 0) is 51.2 Å². The van der Waals surface area contributed by atoms with E-state index in [2.05, 4.69) is 5.32 Å². The summed E-state index contributed by atoms with van der Waals surface area (Å²) in [7, 11) is 0. The molecule has 2 heterocycles. The van der Waals surface area contributed by atoms with E-state index in [9.17, 15) is 14.4 Å². The zero-order valence-electron chi connectivity index (χ0n) is 20.8. The highest BCUT2D eigenvalue weighted by Gasteiger charge is 2.49. The van der Waals surface area contributed by atoms with Crippen molar-refractivity contribution in [2.75, 3.05) is 26.2 Å². The van der Waals surface area contributed by atoms with Crippen molar-refractivity contribution in [1.82, 2.24) is 15.1 Å². The van der Waals surface area contributed by atoms with Crippen molar-refractivity contribution in [3.05, 3.63) is 71.8 Å². The van der Waals surface area contributed by atoms with Crippen LogP contribution >= 0.6 is 0 Å². The molecule has 2 aromatic rings. The summed E-state index contributed by atoms with van der Waals surface area (Å²) in [5.41, 5.74) is 0.602. The summed E-state index contributed by atoms with van der Waals surface area (Å²) < 4.78 is 5.33. The van der Waals surface area contributed by atoms with Gasteiger partial charge in [-0.3, -0.25) is 9.59 Å². The van der Waals surface area contributed by atoms with E-state index in [0.717, 1.165) is 11.1 Å². The number of carbonyl (C=O) groups excluding carboxylic acids is 3. The zero-order valence-corrected chi connectivity index (χ0v) is 20.8. The maximum absolute atomic E-state index is 13.8. The quantitative estimate of drug-likeness (QED) is 0.712. The van der Waals surface area contributed by atoms with Gasteiger partial charge in [0.15, 0.2) is 0 Å². The Kier molecular flexibility index (Phi) is 7.15. The number of alkyl carbamates (subject to hydrolysis) is 1. The van der Waals surface area contributed by atoms with Gasteiger partial charge in [0.05, 0.1) is 6.54 Å². The lowest BCUT2D eigenvalue weighted by atomic mass is 9.73. The van der Waals surface area contributed by atoms with Gasteiger partial charge < -0.3 is 19.9 Å². The van der Waals surface area contributed by atoms with Gasteiger partial charge in [0.25, 0.3) is 0 Å². The molecule has 2 saturated heterocycles. The van der Waals surface area contributed by atoms with E-state index in [1.54, 1.807) is 9.80 Å². The van der Waals surface area contributed by atoms with Gasteiger partial charge in [0, 0.05) is 25.7 Å². The lowest BCUT2D eigenvalue weighted by Gasteiger charge is -2.34. The second-order valence-electron chi connectivity index (χ2n) is 10.4. The van der Waals surface area contributed by atoms with Gasteiger partial charge >= 0.3 is 6.09 Å². The number of nitrogens with one attached hydrogen (secondary N) is 1. The molecule has 0 bridgehead atoms. The summed E-state index contributed by atoms with van der Waals surface area (Å²) in [6.07, 6.45) is 1.53. The van der Waals surface area contributed by atoms with Crippen LogP contribution in [0, 0.1) is 0 Å². The first-order valence-electron chi connectivity index (χ1n) is 12.4. The predicted molar refractivity (Wildman–Crippen MR) is 134 cm³/mol. The first-order chi connectivity index (χ1) is 16.7. The zero-order chi connectivity index (χ0) is 25.1. The van der Waals surface area contributed by atoms with Crippen LogP contribution in [0.2, 0.25) is 0 Å². The van der Waals surface area contributed by atoms with E-state index >= 15 is 0 Å². The highest BCUT2D eigenvalue weighted by molar-refractivity contribution is 5.96. The van der Waals surface area contributed by atoms with Crippen molar-refractivity contribution < 1.29 is 19.1 Å². The number of amides is 3. The molecule has 0 aliphatic carbocycles. The van der Waals surface area contributed by atoms with Crippen molar-refractivity contribution >= 4 is 17.9 Å². The number of rotatable bonds is 5. The first kappa shape index (κ1) is 24.8. The Morgan fingerprint density at radius 3 is 2.00 bits per heavy atom. The molecule has 7 nitrogen and oxygen atoms in total. The number of nitrogens with zero attached hydrogens (tertiary/aromatic N) is 2. The Labute approximate surface area is 207 Å². The van der Waals surface area contributed by atoms with Crippen LogP contribution in [-0.2, 0) is 19.7 Å². The van der Waals surface area contributed by atoms with Gasteiger partial charge in [-0.2, -0.15) is 0 Å². The minimum absolute atomic E-state index is 0.0221. The summed E-state index contributed by atoms with van der Waals surface area (Å²) in [6, 6.07) is 19.7. The topological polar surface area (TPSA) is 79.0 Å². The standard InChI is InChI=1S/C28H35N3O4/c1-27(2,3)35-26(34)29-23-14-17-30(18-15-23)24(32)20-31-19-16-28(25(31)33,21-10-6-4-7-11-21)22-12-8-5-9-13-22/h4-13,23H,14-20H2,1-3H3,(H,29,34). The molecule has 186 valence electrons. The summed E-state index contributed by atoms with van der Waals surface area (Å²) in [4.78, 5) is 42.5. The average molecular weight is 478 g/mol. The lowest BCUT2D eigenvalue weighted by molar-refractivity contribution is -0.140. The minimum Gasteiger partial charge on any atom is -0.444 e. The number of piperidine rings is 1. The third-order valence-electron chi connectivity index (χ3n) is 6.84. The van der Waals surface area contributed by atoms with Gasteiger partial charge in [0.1, 0.15) is 11.0 Å². The van der Waals surface area contributed by atoms with E-state index in [1.165, 1.54) is 0 Å². The van der Waals surface area contributed by atoms with E-state index in [1.807, 2.05) is 81.4 Å². The maximum Gasteiger partial charge on any atom is 0.407 e. The molecule has 0 unspecified atom stereocenters. The van der Waals surface area contributed by atoms with Crippen LogP contribution in [0.25, 0.3) is 0 Å². The molecular formula is C28H35N3O4. The van der Waals surface area contributed by atoms with E-state index in [4.69, 9.17) is 4.74 Å². The van der Waals surface area contributed by atoms with Crippen molar-refractivity contribution in [2.45, 2.75) is 57.1 Å². The number of benzene rings is 2. The molecule has 2 aliphatic heterocycles. The average Bonchev–Trinajstić information content (AvgIpc) is 3.16. The molecule has 0 radical (unpaired) electrons. The Morgan fingerprint density at radius 1 is 0.943 bits per heavy atom. The molecule has 0 atom stereocenters. The third kappa shape index (κ3) is 5.50. The van der Waals surface area contributed by atoms with Gasteiger partial charge in [0.2, 0.25) is 11.8 Å². The fraction of sp³-hybridized carbons (Fsp3) is 0.464. The van der Waals surface area contributed by atoms with Crippen LogP contribution in [0.5, 0.6) is 0 Å². The smallest absolute Gasteiger partial charge is 0.407 e. The van der Waals surface area contributed by atoms with E-state index in [0.29, 0.717) is 38.9 Å². The number of hydrogen-bond acceptors (Lipinski definition) is 4. The molecule has 1 N–H and O–H groups in total. The summed E-state index contributed by atoms with van der Waals surface area (Å²) in [5.74, 6) is -0.0734. The summed E-state index contributed by atoms with van der Waals surface area (Å²) >= 11 is 0. The molecule has 2 aromatic carbocycles. The molecule has 3 amide bonds. The summed E-state index contributed by atoms with van der Waals surface area (Å²) in [6.45, 7) is 7.19. The number of carbonyl (C=O) groups is 3. The van der Waals surface area contributed by atoms with E-state index < -0.39 is 17.1 Å². The molecule has 2 fully saturated rings. The van der Waals surface area contributed by atoms with Gasteiger partial charge in [-0.1, -0.05) is 60.7 Å². The Balaban J connectivity index is 1.39. The third-order valence-corrected chi connectivity index (χ3v) is 6.84.